The van der Waals surface area contributed by atoms with Crippen LogP contribution in [0.5, 0.6) is 0 Å². The molecule has 7 aromatic rings. The van der Waals surface area contributed by atoms with Crippen molar-refractivity contribution < 1.29 is 0 Å². The molecule has 0 saturated heterocycles. The van der Waals surface area contributed by atoms with Crippen molar-refractivity contribution in [1.29, 1.82) is 0 Å². The number of hydrogen-bond acceptors (Lipinski definition) is 5. The Morgan fingerprint density at radius 1 is 0.543 bits per heavy atom. The van der Waals surface area contributed by atoms with Gasteiger partial charge >= 0.3 is 0 Å². The molecule has 0 atom stereocenters. The van der Waals surface area contributed by atoms with E-state index in [1.807, 2.05) is 127 Å². The summed E-state index contributed by atoms with van der Waals surface area (Å²) in [4.78, 5) is 20.3. The lowest BCUT2D eigenvalue weighted by Crippen LogP contribution is -2.08. The molecule has 0 aliphatic heterocycles. The zero-order chi connectivity index (χ0) is 31.1. The van der Waals surface area contributed by atoms with Gasteiger partial charge in [0.25, 0.3) is 0 Å². The van der Waals surface area contributed by atoms with Crippen LogP contribution in [-0.4, -0.2) is 20.7 Å². The summed E-state index contributed by atoms with van der Waals surface area (Å²) in [7, 11) is 0. The van der Waals surface area contributed by atoms with Crippen molar-refractivity contribution in [2.75, 3.05) is 0 Å². The highest BCUT2D eigenvalue weighted by Gasteiger charge is 2.20. The molecular formula is C41H31N5. The van der Waals surface area contributed by atoms with E-state index in [-0.39, 0.29) is 0 Å². The lowest BCUT2D eigenvalue weighted by Gasteiger charge is -2.15. The highest BCUT2D eigenvalue weighted by Crippen LogP contribution is 2.34. The number of hydrogen-bond donors (Lipinski definition) is 1. The highest BCUT2D eigenvalue weighted by molar-refractivity contribution is 6.18. The summed E-state index contributed by atoms with van der Waals surface area (Å²) < 4.78 is 0. The summed E-state index contributed by atoms with van der Waals surface area (Å²) >= 11 is 0. The first-order chi connectivity index (χ1) is 22.7. The van der Waals surface area contributed by atoms with Gasteiger partial charge in [-0.25, -0.2) is 15.0 Å². The molecule has 1 heterocycles. The predicted molar refractivity (Wildman–Crippen MR) is 189 cm³/mol. The molecule has 5 heteroatoms. The maximum atomic E-state index is 6.74. The summed E-state index contributed by atoms with van der Waals surface area (Å²) in [5.74, 6) is 1.77. The van der Waals surface area contributed by atoms with Crippen LogP contribution in [0.15, 0.2) is 169 Å². The van der Waals surface area contributed by atoms with E-state index in [0.29, 0.717) is 29.7 Å². The van der Waals surface area contributed by atoms with Gasteiger partial charge in [-0.2, -0.15) is 0 Å². The number of nitrogens with zero attached hydrogens (tertiary/aromatic N) is 4. The average molecular weight is 594 g/mol. The number of benzene rings is 6. The van der Waals surface area contributed by atoms with Crippen LogP contribution in [0.25, 0.3) is 50.6 Å². The van der Waals surface area contributed by atoms with Gasteiger partial charge in [0.15, 0.2) is 17.5 Å². The smallest absolute Gasteiger partial charge is 0.165 e. The molecule has 0 spiro atoms. The quantitative estimate of drug-likeness (QED) is 0.178. The first-order valence-electron chi connectivity index (χ1n) is 15.2. The Kier molecular flexibility index (Phi) is 8.20. The van der Waals surface area contributed by atoms with Gasteiger partial charge in [0.2, 0.25) is 0 Å². The Bertz CT molecular complexity index is 2100. The van der Waals surface area contributed by atoms with E-state index in [4.69, 9.17) is 25.7 Å². The van der Waals surface area contributed by atoms with Gasteiger partial charge in [-0.05, 0) is 28.0 Å². The minimum atomic E-state index is 0.489. The fourth-order valence-corrected chi connectivity index (χ4v) is 5.48. The Labute approximate surface area is 268 Å². The SMILES string of the molecule is N/C(=C\C(=NCc1ccccc1)c1ccc2ccccc2c1-c1nc(-c2ccccc2)nc(-c2ccccc2)n1)c1ccccc1. The van der Waals surface area contributed by atoms with E-state index < -0.39 is 0 Å². The molecule has 0 aliphatic rings. The van der Waals surface area contributed by atoms with Crippen molar-refractivity contribution in [2.45, 2.75) is 6.54 Å². The van der Waals surface area contributed by atoms with Gasteiger partial charge in [0.1, 0.15) is 0 Å². The van der Waals surface area contributed by atoms with Crippen molar-refractivity contribution in [3.63, 3.8) is 0 Å². The Balaban J connectivity index is 1.49. The van der Waals surface area contributed by atoms with E-state index in [1.54, 1.807) is 0 Å². The first kappa shape index (κ1) is 28.6. The monoisotopic (exact) mass is 593 g/mol. The minimum absolute atomic E-state index is 0.489. The van der Waals surface area contributed by atoms with Crippen molar-refractivity contribution in [2.24, 2.45) is 10.7 Å². The number of rotatable bonds is 8. The third-order valence-corrected chi connectivity index (χ3v) is 7.80. The van der Waals surface area contributed by atoms with Gasteiger partial charge in [-0.1, -0.05) is 158 Å². The Morgan fingerprint density at radius 2 is 1.07 bits per heavy atom. The van der Waals surface area contributed by atoms with Crippen molar-refractivity contribution in [1.82, 2.24) is 15.0 Å². The Hall–Kier alpha value is -6.20. The minimum Gasteiger partial charge on any atom is -0.398 e. The molecule has 46 heavy (non-hydrogen) atoms. The maximum Gasteiger partial charge on any atom is 0.165 e. The second-order valence-electron chi connectivity index (χ2n) is 10.9. The number of fused-ring (bicyclic) bond motifs is 1. The zero-order valence-electron chi connectivity index (χ0n) is 25.2. The summed E-state index contributed by atoms with van der Waals surface area (Å²) in [6, 6.07) is 52.8. The second kappa shape index (κ2) is 13.2. The molecule has 0 saturated carbocycles. The van der Waals surface area contributed by atoms with Crippen LogP contribution < -0.4 is 5.73 Å². The van der Waals surface area contributed by atoms with Crippen molar-refractivity contribution in [3.8, 4) is 34.2 Å². The number of aromatic nitrogens is 3. The lowest BCUT2D eigenvalue weighted by molar-refractivity contribution is 1.06. The fraction of sp³-hybridized carbons (Fsp3) is 0.0244. The normalized spacial score (nSPS) is 11.9. The molecule has 6 aromatic carbocycles. The van der Waals surface area contributed by atoms with Crippen LogP contribution >= 0.6 is 0 Å². The summed E-state index contributed by atoms with van der Waals surface area (Å²) in [5, 5.41) is 2.09. The van der Waals surface area contributed by atoms with Gasteiger partial charge < -0.3 is 5.73 Å². The summed E-state index contributed by atoms with van der Waals surface area (Å²) in [5.41, 5.74) is 13.7. The van der Waals surface area contributed by atoms with Crippen molar-refractivity contribution in [3.05, 3.63) is 180 Å². The highest BCUT2D eigenvalue weighted by atomic mass is 15.0. The molecule has 5 nitrogen and oxygen atoms in total. The van der Waals surface area contributed by atoms with E-state index in [0.717, 1.165) is 49.9 Å². The molecule has 2 N–H and O–H groups in total. The molecule has 0 unspecified atom stereocenters. The largest absolute Gasteiger partial charge is 0.398 e. The van der Waals surface area contributed by atoms with Crippen LogP contribution in [0.1, 0.15) is 16.7 Å². The molecule has 0 aliphatic carbocycles. The molecule has 0 amide bonds. The molecule has 1 aromatic heterocycles. The van der Waals surface area contributed by atoms with E-state index >= 15 is 0 Å². The van der Waals surface area contributed by atoms with Crippen LogP contribution in [-0.2, 0) is 6.54 Å². The first-order valence-corrected chi connectivity index (χ1v) is 15.2. The topological polar surface area (TPSA) is 77.0 Å². The average Bonchev–Trinajstić information content (AvgIpc) is 3.14. The number of aliphatic imine (C=N–C) groups is 1. The van der Waals surface area contributed by atoms with Crippen LogP contribution in [0.4, 0.5) is 0 Å². The fourth-order valence-electron chi connectivity index (χ4n) is 5.48. The predicted octanol–water partition coefficient (Wildman–Crippen LogP) is 9.01. The number of allylic oxidation sites excluding steroid dienone is 1. The van der Waals surface area contributed by atoms with Gasteiger partial charge in [0, 0.05) is 28.0 Å². The van der Waals surface area contributed by atoms with Crippen LogP contribution in [0.2, 0.25) is 0 Å². The zero-order valence-corrected chi connectivity index (χ0v) is 25.2. The lowest BCUT2D eigenvalue weighted by atomic mass is 9.94. The maximum absolute atomic E-state index is 6.74. The molecular weight excluding hydrogens is 562 g/mol. The second-order valence-corrected chi connectivity index (χ2v) is 10.9. The molecule has 0 fully saturated rings. The molecule has 0 radical (unpaired) electrons. The Morgan fingerprint density at radius 3 is 1.70 bits per heavy atom. The van der Waals surface area contributed by atoms with E-state index in [9.17, 15) is 0 Å². The standard InChI is InChI=1S/C41H31N5/c42-36(31-18-7-2-8-19-31)27-37(43-28-29-15-5-1-6-16-29)35-26-25-30-17-13-14-24-34(30)38(35)41-45-39(32-20-9-3-10-21-32)44-40(46-41)33-22-11-4-12-23-33/h1-27H,28,42H2/b36-27-,43-37?. The molecule has 7 rings (SSSR count). The summed E-state index contributed by atoms with van der Waals surface area (Å²) in [6.45, 7) is 0.489. The van der Waals surface area contributed by atoms with E-state index in [2.05, 4.69) is 36.4 Å². The van der Waals surface area contributed by atoms with Gasteiger partial charge in [-0.3, -0.25) is 4.99 Å². The summed E-state index contributed by atoms with van der Waals surface area (Å²) in [6.07, 6.45) is 1.96. The van der Waals surface area contributed by atoms with Gasteiger partial charge in [-0.15, -0.1) is 0 Å². The van der Waals surface area contributed by atoms with Gasteiger partial charge in [0.05, 0.1) is 12.3 Å². The van der Waals surface area contributed by atoms with E-state index in [1.165, 1.54) is 0 Å². The third kappa shape index (κ3) is 6.21. The van der Waals surface area contributed by atoms with Crippen molar-refractivity contribution >= 4 is 22.2 Å². The molecule has 0 bridgehead atoms. The third-order valence-electron chi connectivity index (χ3n) is 7.80. The molecule has 220 valence electrons. The number of nitrogens with two attached hydrogens (primary N) is 1. The van der Waals surface area contributed by atoms with Crippen LogP contribution in [0, 0.1) is 0 Å². The van der Waals surface area contributed by atoms with Crippen LogP contribution in [0.3, 0.4) is 0 Å².